The SMILES string of the molecule is Cc1ccccc1C.Cc1ccccc1C.[Cr]. The summed E-state index contributed by atoms with van der Waals surface area (Å²) in [6.45, 7) is 8.48. The second-order valence-corrected chi connectivity index (χ2v) is 4.17. The molecule has 1 heteroatoms. The van der Waals surface area contributed by atoms with E-state index in [0.717, 1.165) is 0 Å². The number of benzene rings is 2. The molecule has 0 unspecified atom stereocenters. The van der Waals surface area contributed by atoms with Crippen molar-refractivity contribution in [2.24, 2.45) is 0 Å². The van der Waals surface area contributed by atoms with Gasteiger partial charge in [-0.05, 0) is 49.9 Å². The number of hydrogen-bond acceptors (Lipinski definition) is 0. The molecule has 0 radical (unpaired) electrons. The average molecular weight is 264 g/mol. The van der Waals surface area contributed by atoms with Crippen molar-refractivity contribution in [3.8, 4) is 0 Å². The third-order valence-corrected chi connectivity index (χ3v) is 2.85. The molecule has 90 valence electrons. The summed E-state index contributed by atoms with van der Waals surface area (Å²) in [5.41, 5.74) is 5.47. The van der Waals surface area contributed by atoms with E-state index in [1.54, 1.807) is 0 Å². The zero-order chi connectivity index (χ0) is 12.0. The summed E-state index contributed by atoms with van der Waals surface area (Å²) in [6.07, 6.45) is 0. The van der Waals surface area contributed by atoms with Gasteiger partial charge in [-0.25, -0.2) is 0 Å². The maximum absolute atomic E-state index is 2.12. The van der Waals surface area contributed by atoms with Crippen LogP contribution in [0.1, 0.15) is 22.3 Å². The van der Waals surface area contributed by atoms with Gasteiger partial charge in [-0.3, -0.25) is 0 Å². The first kappa shape index (κ1) is 16.0. The molecule has 2 rings (SSSR count). The van der Waals surface area contributed by atoms with Gasteiger partial charge < -0.3 is 0 Å². The molecule has 0 saturated heterocycles. The summed E-state index contributed by atoms with van der Waals surface area (Å²) in [5.74, 6) is 0. The minimum atomic E-state index is 0. The molecule has 2 aromatic carbocycles. The summed E-state index contributed by atoms with van der Waals surface area (Å²) in [7, 11) is 0. The first-order chi connectivity index (χ1) is 7.61. The molecule has 0 aliphatic heterocycles. The average Bonchev–Trinajstić information content (AvgIpc) is 2.28. The van der Waals surface area contributed by atoms with Gasteiger partial charge in [0.2, 0.25) is 0 Å². The molecule has 0 aliphatic carbocycles. The van der Waals surface area contributed by atoms with E-state index in [2.05, 4.69) is 76.2 Å². The normalized spacial score (nSPS) is 8.71. The zero-order valence-electron chi connectivity index (χ0n) is 11.0. The zero-order valence-corrected chi connectivity index (χ0v) is 12.3. The van der Waals surface area contributed by atoms with E-state index in [-0.39, 0.29) is 17.4 Å². The van der Waals surface area contributed by atoms with Gasteiger partial charge in [0.15, 0.2) is 0 Å². The second-order valence-electron chi connectivity index (χ2n) is 4.17. The maximum Gasteiger partial charge on any atom is 0 e. The second kappa shape index (κ2) is 8.12. The standard InChI is InChI=1S/2C8H10.Cr/c2*1-7-5-3-4-6-8(7)2;/h2*3-6H,1-2H3;. The van der Waals surface area contributed by atoms with E-state index >= 15 is 0 Å². The molecule has 2 aromatic rings. The van der Waals surface area contributed by atoms with Crippen molar-refractivity contribution in [1.82, 2.24) is 0 Å². The van der Waals surface area contributed by atoms with Crippen molar-refractivity contribution >= 4 is 0 Å². The van der Waals surface area contributed by atoms with Gasteiger partial charge in [-0.1, -0.05) is 48.5 Å². The summed E-state index contributed by atoms with van der Waals surface area (Å²) in [5, 5.41) is 0. The van der Waals surface area contributed by atoms with Crippen molar-refractivity contribution in [2.75, 3.05) is 0 Å². The van der Waals surface area contributed by atoms with Crippen molar-refractivity contribution < 1.29 is 17.4 Å². The topological polar surface area (TPSA) is 0 Å². The van der Waals surface area contributed by atoms with Crippen LogP contribution in [0.15, 0.2) is 48.5 Å². The van der Waals surface area contributed by atoms with Crippen molar-refractivity contribution in [1.29, 1.82) is 0 Å². The van der Waals surface area contributed by atoms with Gasteiger partial charge in [0.1, 0.15) is 0 Å². The third kappa shape index (κ3) is 5.73. The fourth-order valence-corrected chi connectivity index (χ4v) is 1.33. The Labute approximate surface area is 116 Å². The largest absolute Gasteiger partial charge is 0.0620 e. The van der Waals surface area contributed by atoms with Gasteiger partial charge in [0.05, 0.1) is 0 Å². The van der Waals surface area contributed by atoms with E-state index in [0.29, 0.717) is 0 Å². The van der Waals surface area contributed by atoms with Crippen LogP contribution in [0, 0.1) is 27.7 Å². The molecule has 0 nitrogen and oxygen atoms in total. The van der Waals surface area contributed by atoms with E-state index in [9.17, 15) is 0 Å². The molecule has 0 aromatic heterocycles. The van der Waals surface area contributed by atoms with E-state index in [1.165, 1.54) is 22.3 Å². The van der Waals surface area contributed by atoms with E-state index in [1.807, 2.05) is 0 Å². The van der Waals surface area contributed by atoms with Crippen LogP contribution in [0.5, 0.6) is 0 Å². The van der Waals surface area contributed by atoms with Gasteiger partial charge in [0, 0.05) is 17.4 Å². The first-order valence-electron chi connectivity index (χ1n) is 5.65. The Hall–Kier alpha value is -1.03. The summed E-state index contributed by atoms with van der Waals surface area (Å²) >= 11 is 0. The Kier molecular flexibility index (Phi) is 7.63. The minimum absolute atomic E-state index is 0. The Morgan fingerprint density at radius 1 is 0.471 bits per heavy atom. The van der Waals surface area contributed by atoms with Crippen LogP contribution in [-0.4, -0.2) is 0 Å². The molecule has 0 heterocycles. The molecule has 0 N–H and O–H groups in total. The quantitative estimate of drug-likeness (QED) is 0.652. The van der Waals surface area contributed by atoms with Crippen LogP contribution in [0.2, 0.25) is 0 Å². The molecule has 0 fully saturated rings. The molecule has 17 heavy (non-hydrogen) atoms. The van der Waals surface area contributed by atoms with Crippen LogP contribution in [-0.2, 0) is 17.4 Å². The molecule has 0 atom stereocenters. The molecular weight excluding hydrogens is 244 g/mol. The van der Waals surface area contributed by atoms with Crippen molar-refractivity contribution in [3.05, 3.63) is 70.8 Å². The smallest absolute Gasteiger partial charge is 0 e. The molecule has 0 aliphatic rings. The van der Waals surface area contributed by atoms with Crippen LogP contribution in [0.3, 0.4) is 0 Å². The fourth-order valence-electron chi connectivity index (χ4n) is 1.33. The predicted molar refractivity (Wildman–Crippen MR) is 71.8 cm³/mol. The predicted octanol–water partition coefficient (Wildman–Crippen LogP) is 4.60. The van der Waals surface area contributed by atoms with Crippen molar-refractivity contribution in [2.45, 2.75) is 27.7 Å². The van der Waals surface area contributed by atoms with Crippen LogP contribution in [0.25, 0.3) is 0 Å². The van der Waals surface area contributed by atoms with E-state index in [4.69, 9.17) is 0 Å². The summed E-state index contributed by atoms with van der Waals surface area (Å²) in [4.78, 5) is 0. The minimum Gasteiger partial charge on any atom is -0.0620 e. The Bertz CT molecular complexity index is 361. The Morgan fingerprint density at radius 2 is 0.647 bits per heavy atom. The van der Waals surface area contributed by atoms with Crippen LogP contribution >= 0.6 is 0 Å². The molecule has 0 amide bonds. The maximum atomic E-state index is 2.12. The summed E-state index contributed by atoms with van der Waals surface area (Å²) < 4.78 is 0. The van der Waals surface area contributed by atoms with Gasteiger partial charge in [-0.2, -0.15) is 0 Å². The van der Waals surface area contributed by atoms with Crippen LogP contribution < -0.4 is 0 Å². The molecular formula is C16H20Cr. The van der Waals surface area contributed by atoms with E-state index < -0.39 is 0 Å². The molecule has 0 bridgehead atoms. The van der Waals surface area contributed by atoms with Gasteiger partial charge >= 0.3 is 0 Å². The third-order valence-electron chi connectivity index (χ3n) is 2.85. The molecule has 0 spiro atoms. The van der Waals surface area contributed by atoms with Crippen LogP contribution in [0.4, 0.5) is 0 Å². The number of rotatable bonds is 0. The van der Waals surface area contributed by atoms with Gasteiger partial charge in [0.25, 0.3) is 0 Å². The number of aryl methyl sites for hydroxylation is 4. The Morgan fingerprint density at radius 3 is 0.765 bits per heavy atom. The van der Waals surface area contributed by atoms with Crippen molar-refractivity contribution in [3.63, 3.8) is 0 Å². The van der Waals surface area contributed by atoms with Gasteiger partial charge in [-0.15, -0.1) is 0 Å². The monoisotopic (exact) mass is 264 g/mol. The molecule has 0 saturated carbocycles. The first-order valence-corrected chi connectivity index (χ1v) is 5.65. The fraction of sp³-hybridized carbons (Fsp3) is 0.250. The summed E-state index contributed by atoms with van der Waals surface area (Å²) in [6, 6.07) is 16.7. The number of hydrogen-bond donors (Lipinski definition) is 0. The Balaban J connectivity index is 0.000000284.